The number of rotatable bonds is 6. The molecule has 0 saturated carbocycles. The van der Waals surface area contributed by atoms with Gasteiger partial charge in [0.05, 0.1) is 17.7 Å². The van der Waals surface area contributed by atoms with E-state index in [-0.39, 0.29) is 0 Å². The molecule has 0 atom stereocenters. The third kappa shape index (κ3) is 3.98. The molecule has 0 aliphatic rings. The zero-order valence-corrected chi connectivity index (χ0v) is 10.3. The topological polar surface area (TPSA) is 72.5 Å². The third-order valence-electron chi connectivity index (χ3n) is 2.70. The smallest absolute Gasteiger partial charge is 0.309 e. The van der Waals surface area contributed by atoms with E-state index in [0.717, 1.165) is 0 Å². The Morgan fingerprint density at radius 1 is 1.41 bits per heavy atom. The molecule has 0 aliphatic carbocycles. The van der Waals surface area contributed by atoms with Crippen LogP contribution in [-0.4, -0.2) is 17.7 Å². The van der Waals surface area contributed by atoms with Crippen LogP contribution in [0, 0.1) is 5.41 Å². The lowest BCUT2D eigenvalue weighted by molar-refractivity contribution is -0.147. The lowest BCUT2D eigenvalue weighted by Crippen LogP contribution is -2.24. The first-order chi connectivity index (χ1) is 7.93. The summed E-state index contributed by atoms with van der Waals surface area (Å²) in [7, 11) is 0. The van der Waals surface area contributed by atoms with E-state index in [1.54, 1.807) is 26.0 Å². The normalized spacial score (nSPS) is 11.2. The molecule has 4 nitrogen and oxygen atoms in total. The number of carboxylic acids is 1. The number of hydrogen-bond acceptors (Lipinski definition) is 3. The molecule has 0 heterocycles. The Morgan fingerprint density at radius 2 is 2.06 bits per heavy atom. The zero-order chi connectivity index (χ0) is 12.9. The van der Waals surface area contributed by atoms with E-state index in [4.69, 9.17) is 15.6 Å². The lowest BCUT2D eigenvalue weighted by Gasteiger charge is -2.18. The number of nitrogen functional groups attached to an aromatic ring is 1. The van der Waals surface area contributed by atoms with Crippen molar-refractivity contribution in [3.05, 3.63) is 24.3 Å². The molecule has 0 aromatic heterocycles. The van der Waals surface area contributed by atoms with Crippen molar-refractivity contribution in [2.75, 3.05) is 12.3 Å². The monoisotopic (exact) mass is 237 g/mol. The summed E-state index contributed by atoms with van der Waals surface area (Å²) in [5.41, 5.74) is 5.62. The minimum absolute atomic E-state index is 0.477. The second-order valence-electron chi connectivity index (χ2n) is 4.68. The van der Waals surface area contributed by atoms with Crippen LogP contribution in [0.2, 0.25) is 0 Å². The number of carboxylic acid groups (broad SMARTS) is 1. The van der Waals surface area contributed by atoms with E-state index in [1.165, 1.54) is 0 Å². The van der Waals surface area contributed by atoms with Gasteiger partial charge in [0, 0.05) is 0 Å². The van der Waals surface area contributed by atoms with Gasteiger partial charge in [-0.05, 0) is 38.8 Å². The van der Waals surface area contributed by atoms with Gasteiger partial charge < -0.3 is 15.6 Å². The molecule has 0 bridgehead atoms. The highest BCUT2D eigenvalue weighted by Gasteiger charge is 2.26. The second kappa shape index (κ2) is 5.57. The molecule has 17 heavy (non-hydrogen) atoms. The number of para-hydroxylation sites is 2. The number of ether oxygens (including phenoxy) is 1. The molecular weight excluding hydrogens is 218 g/mol. The van der Waals surface area contributed by atoms with Crippen LogP contribution in [-0.2, 0) is 4.79 Å². The van der Waals surface area contributed by atoms with Gasteiger partial charge in [-0.1, -0.05) is 12.1 Å². The van der Waals surface area contributed by atoms with E-state index in [1.807, 2.05) is 12.1 Å². The van der Waals surface area contributed by atoms with Crippen molar-refractivity contribution in [3.63, 3.8) is 0 Å². The minimum atomic E-state index is -0.781. The summed E-state index contributed by atoms with van der Waals surface area (Å²) in [5, 5.41) is 8.94. The Hall–Kier alpha value is -1.71. The van der Waals surface area contributed by atoms with Gasteiger partial charge in [-0.15, -0.1) is 0 Å². The van der Waals surface area contributed by atoms with Gasteiger partial charge in [0.2, 0.25) is 0 Å². The number of nitrogens with two attached hydrogens (primary N) is 1. The quantitative estimate of drug-likeness (QED) is 0.589. The van der Waals surface area contributed by atoms with Crippen LogP contribution in [0.3, 0.4) is 0 Å². The Kier molecular flexibility index (Phi) is 4.37. The maximum atomic E-state index is 10.9. The highest BCUT2D eigenvalue weighted by atomic mass is 16.5. The van der Waals surface area contributed by atoms with Crippen LogP contribution in [0.1, 0.15) is 26.7 Å². The number of carbonyl (C=O) groups is 1. The Morgan fingerprint density at radius 3 is 2.65 bits per heavy atom. The van der Waals surface area contributed by atoms with Crippen molar-refractivity contribution in [1.29, 1.82) is 0 Å². The van der Waals surface area contributed by atoms with Crippen LogP contribution in [0.25, 0.3) is 0 Å². The maximum absolute atomic E-state index is 10.9. The summed E-state index contributed by atoms with van der Waals surface area (Å²) in [5.74, 6) is -0.127. The van der Waals surface area contributed by atoms with E-state index in [9.17, 15) is 4.79 Å². The first-order valence-corrected chi connectivity index (χ1v) is 5.64. The molecule has 0 saturated heterocycles. The number of aliphatic carboxylic acids is 1. The number of anilines is 1. The third-order valence-corrected chi connectivity index (χ3v) is 2.70. The van der Waals surface area contributed by atoms with Crippen molar-refractivity contribution in [2.45, 2.75) is 26.7 Å². The summed E-state index contributed by atoms with van der Waals surface area (Å²) >= 11 is 0. The summed E-state index contributed by atoms with van der Waals surface area (Å²) in [6, 6.07) is 7.27. The van der Waals surface area contributed by atoms with Crippen LogP contribution >= 0.6 is 0 Å². The molecule has 1 rings (SSSR count). The average Bonchev–Trinajstić information content (AvgIpc) is 2.26. The number of benzene rings is 1. The Bertz CT molecular complexity index is 388. The molecule has 1 aromatic carbocycles. The second-order valence-corrected chi connectivity index (χ2v) is 4.68. The first-order valence-electron chi connectivity index (χ1n) is 5.64. The fourth-order valence-electron chi connectivity index (χ4n) is 1.42. The summed E-state index contributed by atoms with van der Waals surface area (Å²) in [4.78, 5) is 10.9. The standard InChI is InChI=1S/C13H19NO3/c1-13(2,12(15)16)8-5-9-17-11-7-4-3-6-10(11)14/h3-4,6-7H,5,8-9,14H2,1-2H3,(H,15,16). The molecule has 0 amide bonds. The molecular formula is C13H19NO3. The van der Waals surface area contributed by atoms with E-state index < -0.39 is 11.4 Å². The highest BCUT2D eigenvalue weighted by molar-refractivity contribution is 5.73. The Labute approximate surface area is 101 Å². The van der Waals surface area contributed by atoms with Gasteiger partial charge in [0.1, 0.15) is 5.75 Å². The minimum Gasteiger partial charge on any atom is -0.491 e. The molecule has 0 aliphatic heterocycles. The molecule has 4 heteroatoms. The predicted octanol–water partition coefficient (Wildman–Crippen LogP) is 2.54. The van der Waals surface area contributed by atoms with E-state index in [2.05, 4.69) is 0 Å². The molecule has 0 unspecified atom stereocenters. The first kappa shape index (κ1) is 13.4. The van der Waals surface area contributed by atoms with Gasteiger partial charge in [0.25, 0.3) is 0 Å². The molecule has 0 radical (unpaired) electrons. The fourth-order valence-corrected chi connectivity index (χ4v) is 1.42. The highest BCUT2D eigenvalue weighted by Crippen LogP contribution is 2.24. The van der Waals surface area contributed by atoms with Crippen molar-refractivity contribution in [1.82, 2.24) is 0 Å². The van der Waals surface area contributed by atoms with Crippen molar-refractivity contribution in [2.24, 2.45) is 5.41 Å². The molecule has 94 valence electrons. The average molecular weight is 237 g/mol. The maximum Gasteiger partial charge on any atom is 0.309 e. The summed E-state index contributed by atoms with van der Waals surface area (Å²) in [6.07, 6.45) is 1.27. The fraction of sp³-hybridized carbons (Fsp3) is 0.462. The molecule has 0 spiro atoms. The van der Waals surface area contributed by atoms with E-state index >= 15 is 0 Å². The number of hydrogen-bond donors (Lipinski definition) is 2. The predicted molar refractivity (Wildman–Crippen MR) is 67.0 cm³/mol. The van der Waals surface area contributed by atoms with Gasteiger partial charge in [-0.2, -0.15) is 0 Å². The van der Waals surface area contributed by atoms with Crippen LogP contribution in [0.5, 0.6) is 5.75 Å². The summed E-state index contributed by atoms with van der Waals surface area (Å²) in [6.45, 7) is 3.91. The van der Waals surface area contributed by atoms with Crippen molar-refractivity contribution >= 4 is 11.7 Å². The van der Waals surface area contributed by atoms with Crippen LogP contribution in [0.4, 0.5) is 5.69 Å². The lowest BCUT2D eigenvalue weighted by atomic mass is 9.88. The largest absolute Gasteiger partial charge is 0.491 e. The van der Waals surface area contributed by atoms with Gasteiger partial charge in [0.15, 0.2) is 0 Å². The van der Waals surface area contributed by atoms with Gasteiger partial charge >= 0.3 is 5.97 Å². The molecule has 1 aromatic rings. The van der Waals surface area contributed by atoms with Gasteiger partial charge in [-0.3, -0.25) is 4.79 Å². The molecule has 3 N–H and O–H groups in total. The Balaban J connectivity index is 2.35. The van der Waals surface area contributed by atoms with Crippen LogP contribution < -0.4 is 10.5 Å². The van der Waals surface area contributed by atoms with Gasteiger partial charge in [-0.25, -0.2) is 0 Å². The SMILES string of the molecule is CC(C)(CCCOc1ccccc1N)C(=O)O. The van der Waals surface area contributed by atoms with Crippen molar-refractivity contribution < 1.29 is 14.6 Å². The van der Waals surface area contributed by atoms with E-state index in [0.29, 0.717) is 30.9 Å². The zero-order valence-electron chi connectivity index (χ0n) is 10.3. The summed E-state index contributed by atoms with van der Waals surface area (Å²) < 4.78 is 5.49. The molecule has 0 fully saturated rings. The van der Waals surface area contributed by atoms with Crippen molar-refractivity contribution in [3.8, 4) is 5.75 Å². The van der Waals surface area contributed by atoms with Crippen LogP contribution in [0.15, 0.2) is 24.3 Å².